The van der Waals surface area contributed by atoms with Crippen molar-refractivity contribution in [2.75, 3.05) is 4.90 Å². The third kappa shape index (κ3) is 3.00. The lowest BCUT2D eigenvalue weighted by Crippen LogP contribution is -2.48. The molecule has 0 atom stereocenters. The first kappa shape index (κ1) is 14.0. The van der Waals surface area contributed by atoms with Gasteiger partial charge in [-0.3, -0.25) is 0 Å². The van der Waals surface area contributed by atoms with Crippen LogP contribution in [0.2, 0.25) is 0 Å². The van der Waals surface area contributed by atoms with Gasteiger partial charge in [0.2, 0.25) is 0 Å². The van der Waals surface area contributed by atoms with Crippen LogP contribution in [0.3, 0.4) is 0 Å². The Bertz CT molecular complexity index is 447. The molecule has 0 heterocycles. The van der Waals surface area contributed by atoms with Crippen molar-refractivity contribution >= 4 is 17.2 Å². The number of benzene rings is 1. The number of hydrogen-bond acceptors (Lipinski definition) is 4. The van der Waals surface area contributed by atoms with Crippen molar-refractivity contribution in [1.29, 1.82) is 0 Å². The van der Waals surface area contributed by atoms with Crippen LogP contribution in [0.5, 0.6) is 0 Å². The van der Waals surface area contributed by atoms with Gasteiger partial charge in [-0.1, -0.05) is 28.5 Å². The van der Waals surface area contributed by atoms with E-state index in [1.54, 1.807) is 6.92 Å². The van der Waals surface area contributed by atoms with Gasteiger partial charge >= 0.3 is 0 Å². The number of hydrogen-bond donors (Lipinski definition) is 2. The minimum atomic E-state index is -0.325. The van der Waals surface area contributed by atoms with Gasteiger partial charge in [-0.05, 0) is 39.8 Å². The molecule has 0 unspecified atom stereocenters. The zero-order chi connectivity index (χ0) is 13.8. The third-order valence-corrected chi connectivity index (χ3v) is 2.47. The first-order chi connectivity index (χ1) is 8.41. The number of para-hydroxylation sites is 1. The van der Waals surface area contributed by atoms with Crippen LogP contribution >= 0.6 is 0 Å². The van der Waals surface area contributed by atoms with Crippen LogP contribution in [-0.4, -0.2) is 27.5 Å². The van der Waals surface area contributed by atoms with E-state index in [0.717, 1.165) is 5.69 Å². The Morgan fingerprint density at radius 3 is 2.00 bits per heavy atom. The van der Waals surface area contributed by atoms with Crippen LogP contribution in [0.1, 0.15) is 27.7 Å². The molecule has 5 nitrogen and oxygen atoms in total. The van der Waals surface area contributed by atoms with Gasteiger partial charge < -0.3 is 15.3 Å². The summed E-state index contributed by atoms with van der Waals surface area (Å²) in [5.74, 6) is 0.219. The molecule has 0 aliphatic carbocycles. The third-order valence-electron chi connectivity index (χ3n) is 2.47. The van der Waals surface area contributed by atoms with Crippen molar-refractivity contribution < 1.29 is 10.4 Å². The molecule has 0 saturated carbocycles. The molecule has 0 bridgehead atoms. The number of oxime groups is 2. The van der Waals surface area contributed by atoms with E-state index < -0.39 is 0 Å². The van der Waals surface area contributed by atoms with E-state index in [4.69, 9.17) is 5.21 Å². The maximum Gasteiger partial charge on any atom is 0.197 e. The Morgan fingerprint density at radius 1 is 1.06 bits per heavy atom. The molecule has 0 spiro atoms. The molecule has 18 heavy (non-hydrogen) atoms. The van der Waals surface area contributed by atoms with Crippen molar-refractivity contribution in [3.05, 3.63) is 30.3 Å². The lowest BCUT2D eigenvalue weighted by atomic mass is 10.0. The normalized spacial score (nSPS) is 13.6. The molecule has 5 heteroatoms. The highest BCUT2D eigenvalue weighted by Crippen LogP contribution is 2.24. The Kier molecular flexibility index (Phi) is 4.31. The molecule has 1 aromatic carbocycles. The summed E-state index contributed by atoms with van der Waals surface area (Å²) in [7, 11) is 0. The van der Waals surface area contributed by atoms with Crippen LogP contribution < -0.4 is 4.90 Å². The lowest BCUT2D eigenvalue weighted by molar-refractivity contribution is 0.312. The fourth-order valence-electron chi connectivity index (χ4n) is 1.73. The van der Waals surface area contributed by atoms with Crippen molar-refractivity contribution in [3.63, 3.8) is 0 Å². The molecule has 98 valence electrons. The summed E-state index contributed by atoms with van der Waals surface area (Å²) in [4.78, 5) is 1.81. The molecule has 0 aliphatic heterocycles. The molecular weight excluding hydrogens is 230 g/mol. The minimum Gasteiger partial charge on any atom is -0.411 e. The van der Waals surface area contributed by atoms with Gasteiger partial charge in [-0.15, -0.1) is 0 Å². The zero-order valence-corrected chi connectivity index (χ0v) is 11.1. The van der Waals surface area contributed by atoms with Crippen LogP contribution in [-0.2, 0) is 0 Å². The van der Waals surface area contributed by atoms with Crippen molar-refractivity contribution in [2.45, 2.75) is 33.2 Å². The van der Waals surface area contributed by atoms with Crippen LogP contribution in [0.4, 0.5) is 5.69 Å². The lowest BCUT2D eigenvalue weighted by Gasteiger charge is -2.37. The quantitative estimate of drug-likeness (QED) is 0.366. The largest absolute Gasteiger partial charge is 0.411 e. The Hall–Kier alpha value is -2.04. The van der Waals surface area contributed by atoms with Gasteiger partial charge in [0.15, 0.2) is 5.84 Å². The molecule has 0 amide bonds. The Labute approximate surface area is 107 Å². The number of rotatable bonds is 2. The predicted octanol–water partition coefficient (Wildman–Crippen LogP) is 2.93. The van der Waals surface area contributed by atoms with E-state index in [2.05, 4.69) is 10.3 Å². The number of nitrogens with zero attached hydrogens (tertiary/aromatic N) is 3. The average molecular weight is 249 g/mol. The molecule has 2 N–H and O–H groups in total. The predicted molar refractivity (Wildman–Crippen MR) is 72.8 cm³/mol. The van der Waals surface area contributed by atoms with E-state index in [1.807, 2.05) is 56.0 Å². The van der Waals surface area contributed by atoms with Crippen LogP contribution in [0.15, 0.2) is 40.6 Å². The fraction of sp³-hybridized carbons (Fsp3) is 0.385. The van der Waals surface area contributed by atoms with E-state index in [0.29, 0.717) is 0 Å². The monoisotopic (exact) mass is 249 g/mol. The van der Waals surface area contributed by atoms with Gasteiger partial charge in [0, 0.05) is 11.2 Å². The molecule has 0 aliphatic rings. The topological polar surface area (TPSA) is 68.4 Å². The molecular formula is C13H19N3O2. The van der Waals surface area contributed by atoms with Crippen LogP contribution in [0, 0.1) is 0 Å². The van der Waals surface area contributed by atoms with Gasteiger partial charge in [-0.2, -0.15) is 0 Å². The summed E-state index contributed by atoms with van der Waals surface area (Å²) in [5.41, 5.74) is 0.784. The SMILES string of the molecule is CC(=N/O)/C(=N\O)N(c1ccccc1)C(C)(C)C. The van der Waals surface area contributed by atoms with E-state index in [9.17, 15) is 5.21 Å². The summed E-state index contributed by atoms with van der Waals surface area (Å²) >= 11 is 0. The molecule has 0 fully saturated rings. The van der Waals surface area contributed by atoms with Gasteiger partial charge in [-0.25, -0.2) is 0 Å². The zero-order valence-electron chi connectivity index (χ0n) is 11.1. The van der Waals surface area contributed by atoms with E-state index in [1.165, 1.54) is 0 Å². The molecule has 0 aromatic heterocycles. The molecule has 0 saturated heterocycles. The molecule has 1 rings (SSSR count). The number of amidine groups is 1. The molecule has 0 radical (unpaired) electrons. The minimum absolute atomic E-state index is 0.219. The summed E-state index contributed by atoms with van der Waals surface area (Å²) < 4.78 is 0. The van der Waals surface area contributed by atoms with Gasteiger partial charge in [0.1, 0.15) is 5.71 Å². The second kappa shape index (κ2) is 5.53. The maximum absolute atomic E-state index is 9.18. The second-order valence-electron chi connectivity index (χ2n) is 4.95. The standard InChI is InChI=1S/C13H19N3O2/c1-10(14-17)12(15-18)16(13(2,3)4)11-8-6-5-7-9-11/h5-9,17-18H,1-4H3/b14-10-,15-12+. The summed E-state index contributed by atoms with van der Waals surface area (Å²) in [6.45, 7) is 7.53. The summed E-state index contributed by atoms with van der Waals surface area (Å²) in [6, 6.07) is 9.51. The van der Waals surface area contributed by atoms with Crippen molar-refractivity contribution in [2.24, 2.45) is 10.3 Å². The first-order valence-electron chi connectivity index (χ1n) is 5.68. The van der Waals surface area contributed by atoms with Gasteiger partial charge in [0.25, 0.3) is 0 Å². The first-order valence-corrected chi connectivity index (χ1v) is 5.68. The van der Waals surface area contributed by atoms with Crippen molar-refractivity contribution in [1.82, 2.24) is 0 Å². The maximum atomic E-state index is 9.18. The Morgan fingerprint density at radius 2 is 1.61 bits per heavy atom. The van der Waals surface area contributed by atoms with Gasteiger partial charge in [0.05, 0.1) is 0 Å². The number of anilines is 1. The summed E-state index contributed by atoms with van der Waals surface area (Å²) in [6.07, 6.45) is 0. The second-order valence-corrected chi connectivity index (χ2v) is 4.95. The van der Waals surface area contributed by atoms with E-state index >= 15 is 0 Å². The average Bonchev–Trinajstić information content (AvgIpc) is 2.34. The summed E-state index contributed by atoms with van der Waals surface area (Å²) in [5, 5.41) is 24.4. The van der Waals surface area contributed by atoms with Crippen LogP contribution in [0.25, 0.3) is 0 Å². The highest BCUT2D eigenvalue weighted by atomic mass is 16.4. The molecule has 1 aromatic rings. The highest BCUT2D eigenvalue weighted by Gasteiger charge is 2.28. The smallest absolute Gasteiger partial charge is 0.197 e. The van der Waals surface area contributed by atoms with E-state index in [-0.39, 0.29) is 17.1 Å². The van der Waals surface area contributed by atoms with Crippen molar-refractivity contribution in [3.8, 4) is 0 Å². The highest BCUT2D eigenvalue weighted by molar-refractivity contribution is 6.45. The Balaban J connectivity index is 3.32. The fourth-order valence-corrected chi connectivity index (χ4v) is 1.73.